The molecular weight excluding hydrogens is 196 g/mol. The summed E-state index contributed by atoms with van der Waals surface area (Å²) in [5, 5.41) is 3.47. The monoisotopic (exact) mass is 226 g/mol. The van der Waals surface area contributed by atoms with Gasteiger partial charge in [0.05, 0.1) is 0 Å². The van der Waals surface area contributed by atoms with Crippen molar-refractivity contribution in [2.45, 2.75) is 58.9 Å². The van der Waals surface area contributed by atoms with Crippen LogP contribution in [0.2, 0.25) is 0 Å². The lowest BCUT2D eigenvalue weighted by atomic mass is 9.93. The van der Waals surface area contributed by atoms with Crippen molar-refractivity contribution in [3.05, 3.63) is 0 Å². The summed E-state index contributed by atoms with van der Waals surface area (Å²) in [5.41, 5.74) is 0. The normalized spacial score (nSPS) is 27.2. The number of rotatable bonds is 7. The minimum Gasteiger partial charge on any atom is -0.317 e. The molecule has 1 aliphatic heterocycles. The van der Waals surface area contributed by atoms with Gasteiger partial charge in [-0.2, -0.15) is 0 Å². The number of hydrogen-bond acceptors (Lipinski definition) is 2. The van der Waals surface area contributed by atoms with Crippen molar-refractivity contribution in [3.8, 4) is 0 Å². The number of nitrogens with zero attached hydrogens (tertiary/aromatic N) is 1. The predicted molar refractivity (Wildman–Crippen MR) is 71.8 cm³/mol. The summed E-state index contributed by atoms with van der Waals surface area (Å²) in [5.74, 6) is 0.942. The molecule has 1 rings (SSSR count). The third-order valence-electron chi connectivity index (χ3n) is 3.75. The van der Waals surface area contributed by atoms with Crippen LogP contribution in [0.5, 0.6) is 0 Å². The van der Waals surface area contributed by atoms with E-state index in [0.29, 0.717) is 0 Å². The molecule has 96 valence electrons. The number of nitrogens with one attached hydrogen (secondary N) is 1. The van der Waals surface area contributed by atoms with Crippen molar-refractivity contribution < 1.29 is 0 Å². The van der Waals surface area contributed by atoms with Gasteiger partial charge < -0.3 is 10.2 Å². The minimum absolute atomic E-state index is 0.812. The molecule has 1 N–H and O–H groups in total. The zero-order valence-electron chi connectivity index (χ0n) is 11.5. The summed E-state index contributed by atoms with van der Waals surface area (Å²) in [4.78, 5) is 2.68. The molecule has 0 spiro atoms. The molecule has 0 aliphatic carbocycles. The summed E-state index contributed by atoms with van der Waals surface area (Å²) in [6, 6.07) is 0.812. The maximum Gasteiger partial charge on any atom is 0.00694 e. The highest BCUT2D eigenvalue weighted by molar-refractivity contribution is 4.76. The van der Waals surface area contributed by atoms with E-state index in [1.807, 2.05) is 0 Å². The highest BCUT2D eigenvalue weighted by atomic mass is 15.2. The number of hydrogen-bond donors (Lipinski definition) is 1. The third kappa shape index (κ3) is 5.31. The fraction of sp³-hybridized carbons (Fsp3) is 1.00. The second-order valence-corrected chi connectivity index (χ2v) is 5.47. The minimum atomic E-state index is 0.812. The molecule has 0 aromatic heterocycles. The average molecular weight is 226 g/mol. The van der Waals surface area contributed by atoms with Crippen LogP contribution in [0.1, 0.15) is 52.9 Å². The van der Waals surface area contributed by atoms with Crippen LogP contribution in [0.4, 0.5) is 0 Å². The Kier molecular flexibility index (Phi) is 7.06. The Morgan fingerprint density at radius 3 is 2.69 bits per heavy atom. The van der Waals surface area contributed by atoms with E-state index in [1.54, 1.807) is 0 Å². The Morgan fingerprint density at radius 2 is 2.00 bits per heavy atom. The van der Waals surface area contributed by atoms with Crippen molar-refractivity contribution in [3.63, 3.8) is 0 Å². The van der Waals surface area contributed by atoms with Gasteiger partial charge in [-0.05, 0) is 71.1 Å². The van der Waals surface area contributed by atoms with Gasteiger partial charge in [-0.15, -0.1) is 0 Å². The molecule has 2 unspecified atom stereocenters. The van der Waals surface area contributed by atoms with E-state index in [-0.39, 0.29) is 0 Å². The van der Waals surface area contributed by atoms with Crippen molar-refractivity contribution in [1.29, 1.82) is 0 Å². The summed E-state index contributed by atoms with van der Waals surface area (Å²) >= 11 is 0. The van der Waals surface area contributed by atoms with E-state index in [0.717, 1.165) is 12.0 Å². The van der Waals surface area contributed by atoms with Gasteiger partial charge in [0.1, 0.15) is 0 Å². The van der Waals surface area contributed by atoms with Crippen LogP contribution in [0.15, 0.2) is 0 Å². The number of unbranched alkanes of at least 4 members (excludes halogenated alkanes) is 1. The number of likely N-dealkylation sites (tertiary alicyclic amines) is 1. The van der Waals surface area contributed by atoms with Gasteiger partial charge in [0.15, 0.2) is 0 Å². The first kappa shape index (κ1) is 14.0. The van der Waals surface area contributed by atoms with E-state index in [9.17, 15) is 0 Å². The van der Waals surface area contributed by atoms with E-state index < -0.39 is 0 Å². The van der Waals surface area contributed by atoms with E-state index >= 15 is 0 Å². The lowest BCUT2D eigenvalue weighted by Crippen LogP contribution is -2.40. The molecular formula is C14H30N2. The Morgan fingerprint density at radius 1 is 1.19 bits per heavy atom. The molecule has 1 saturated heterocycles. The van der Waals surface area contributed by atoms with Gasteiger partial charge in [-0.1, -0.05) is 13.8 Å². The van der Waals surface area contributed by atoms with Crippen LogP contribution in [0, 0.1) is 5.92 Å². The van der Waals surface area contributed by atoms with Crippen LogP contribution in [0.25, 0.3) is 0 Å². The smallest absolute Gasteiger partial charge is 0.00694 e. The Bertz CT molecular complexity index is 170. The first-order valence-electron chi connectivity index (χ1n) is 7.18. The Labute approximate surface area is 102 Å². The highest BCUT2D eigenvalue weighted by Crippen LogP contribution is 2.22. The zero-order chi connectivity index (χ0) is 11.8. The molecule has 0 radical (unpaired) electrons. The summed E-state index contributed by atoms with van der Waals surface area (Å²) in [6.45, 7) is 12.0. The summed E-state index contributed by atoms with van der Waals surface area (Å²) < 4.78 is 0. The third-order valence-corrected chi connectivity index (χ3v) is 3.75. The summed E-state index contributed by atoms with van der Waals surface area (Å²) in [7, 11) is 0. The zero-order valence-corrected chi connectivity index (χ0v) is 11.5. The molecule has 2 nitrogen and oxygen atoms in total. The molecule has 1 fully saturated rings. The molecule has 16 heavy (non-hydrogen) atoms. The van der Waals surface area contributed by atoms with Gasteiger partial charge >= 0.3 is 0 Å². The fourth-order valence-electron chi connectivity index (χ4n) is 2.65. The standard InChI is InChI=1S/C14H30N2/c1-4-8-15-9-5-6-10-16-11-7-13(2)12-14(16)3/h13-15H,4-12H2,1-3H3. The van der Waals surface area contributed by atoms with Crippen LogP contribution < -0.4 is 5.32 Å². The molecule has 0 aromatic carbocycles. The number of piperidine rings is 1. The van der Waals surface area contributed by atoms with Gasteiger partial charge in [-0.3, -0.25) is 0 Å². The fourth-order valence-corrected chi connectivity index (χ4v) is 2.65. The lowest BCUT2D eigenvalue weighted by molar-refractivity contribution is 0.127. The molecule has 0 aromatic rings. The SMILES string of the molecule is CCCNCCCCN1CCC(C)CC1C. The summed E-state index contributed by atoms with van der Waals surface area (Å²) in [6.07, 6.45) is 6.74. The second kappa shape index (κ2) is 8.08. The lowest BCUT2D eigenvalue weighted by Gasteiger charge is -2.36. The molecule has 1 heterocycles. The van der Waals surface area contributed by atoms with Crippen LogP contribution in [-0.2, 0) is 0 Å². The van der Waals surface area contributed by atoms with Crippen molar-refractivity contribution in [2.24, 2.45) is 5.92 Å². The average Bonchev–Trinajstić information content (AvgIpc) is 2.26. The molecule has 0 amide bonds. The van der Waals surface area contributed by atoms with E-state index in [4.69, 9.17) is 0 Å². The van der Waals surface area contributed by atoms with Crippen molar-refractivity contribution in [1.82, 2.24) is 10.2 Å². The van der Waals surface area contributed by atoms with Crippen LogP contribution in [-0.4, -0.2) is 37.1 Å². The largest absolute Gasteiger partial charge is 0.317 e. The molecule has 0 bridgehead atoms. The maximum atomic E-state index is 3.47. The quantitative estimate of drug-likeness (QED) is 0.672. The van der Waals surface area contributed by atoms with Crippen molar-refractivity contribution in [2.75, 3.05) is 26.2 Å². The van der Waals surface area contributed by atoms with E-state index in [2.05, 4.69) is 31.0 Å². The van der Waals surface area contributed by atoms with Gasteiger partial charge in [-0.25, -0.2) is 0 Å². The topological polar surface area (TPSA) is 15.3 Å². The molecule has 1 aliphatic rings. The molecule has 2 heteroatoms. The predicted octanol–water partition coefficient (Wildman–Crippen LogP) is 2.89. The van der Waals surface area contributed by atoms with Crippen LogP contribution >= 0.6 is 0 Å². The first-order valence-corrected chi connectivity index (χ1v) is 7.18. The van der Waals surface area contributed by atoms with Gasteiger partial charge in [0.2, 0.25) is 0 Å². The maximum absolute atomic E-state index is 3.47. The Balaban J connectivity index is 2.00. The second-order valence-electron chi connectivity index (χ2n) is 5.47. The van der Waals surface area contributed by atoms with E-state index in [1.165, 1.54) is 58.3 Å². The highest BCUT2D eigenvalue weighted by Gasteiger charge is 2.21. The Hall–Kier alpha value is -0.0800. The van der Waals surface area contributed by atoms with Gasteiger partial charge in [0, 0.05) is 6.04 Å². The first-order chi connectivity index (χ1) is 7.74. The molecule has 0 saturated carbocycles. The molecule has 2 atom stereocenters. The van der Waals surface area contributed by atoms with Gasteiger partial charge in [0.25, 0.3) is 0 Å². The van der Waals surface area contributed by atoms with Crippen LogP contribution in [0.3, 0.4) is 0 Å². The van der Waals surface area contributed by atoms with Crippen molar-refractivity contribution >= 4 is 0 Å².